The Morgan fingerprint density at radius 1 is 1.30 bits per heavy atom. The summed E-state index contributed by atoms with van der Waals surface area (Å²) >= 11 is 0. The number of nitrogens with one attached hydrogen (secondary N) is 1. The van der Waals surface area contributed by atoms with Crippen LogP contribution in [-0.4, -0.2) is 58.0 Å². The number of ether oxygens (including phenoxy) is 2. The number of hydrogen-bond donors (Lipinski definition) is 2. The molecule has 2 N–H and O–H groups in total. The van der Waals surface area contributed by atoms with Gasteiger partial charge in [0.1, 0.15) is 12.1 Å². The van der Waals surface area contributed by atoms with Crippen molar-refractivity contribution < 1.29 is 23.4 Å². The van der Waals surface area contributed by atoms with Gasteiger partial charge in [-0.1, -0.05) is 0 Å². The third kappa shape index (κ3) is 2.88. The first-order valence-corrected chi connectivity index (χ1v) is 8.12. The van der Waals surface area contributed by atoms with Crippen LogP contribution in [0.4, 0.5) is 8.78 Å². The summed E-state index contributed by atoms with van der Waals surface area (Å²) in [6.07, 6.45) is 2.45. The van der Waals surface area contributed by atoms with E-state index < -0.39 is 24.4 Å². The summed E-state index contributed by atoms with van der Waals surface area (Å²) in [5.41, 5.74) is 0. The van der Waals surface area contributed by atoms with Crippen LogP contribution in [0.5, 0.6) is 0 Å². The normalized spacial score (nSPS) is 40.4. The molecule has 8 heteroatoms. The number of rotatable bonds is 3. The summed E-state index contributed by atoms with van der Waals surface area (Å²) in [5, 5.41) is 18.3. The highest BCUT2D eigenvalue weighted by molar-refractivity contribution is 5.02. The van der Waals surface area contributed by atoms with Gasteiger partial charge in [-0.3, -0.25) is 4.68 Å². The van der Waals surface area contributed by atoms with Gasteiger partial charge < -0.3 is 19.9 Å². The van der Waals surface area contributed by atoms with Crippen molar-refractivity contribution in [1.29, 1.82) is 0 Å². The molecule has 2 bridgehead atoms. The number of nitrogens with zero attached hydrogens (tertiary/aromatic N) is 2. The maximum absolute atomic E-state index is 13.3. The molecule has 23 heavy (non-hydrogen) atoms. The van der Waals surface area contributed by atoms with Crippen LogP contribution in [0, 0.1) is 0 Å². The highest BCUT2D eigenvalue weighted by Gasteiger charge is 2.52. The molecule has 1 aromatic rings. The Morgan fingerprint density at radius 3 is 2.78 bits per heavy atom. The summed E-state index contributed by atoms with van der Waals surface area (Å²) < 4.78 is 39.7. The number of halogens is 2. The monoisotopic (exact) mass is 329 g/mol. The van der Waals surface area contributed by atoms with Gasteiger partial charge in [-0.05, 0) is 18.9 Å². The topological polar surface area (TPSA) is 68.5 Å². The van der Waals surface area contributed by atoms with E-state index in [1.807, 2.05) is 0 Å². The molecule has 128 valence electrons. The minimum Gasteiger partial charge on any atom is -0.389 e. The zero-order valence-electron chi connectivity index (χ0n) is 12.6. The lowest BCUT2D eigenvalue weighted by Crippen LogP contribution is -2.60. The van der Waals surface area contributed by atoms with Crippen molar-refractivity contribution in [3.8, 4) is 0 Å². The first kappa shape index (κ1) is 15.4. The molecule has 0 amide bonds. The van der Waals surface area contributed by atoms with E-state index in [2.05, 4.69) is 10.4 Å². The number of aliphatic hydroxyl groups excluding tert-OH is 1. The van der Waals surface area contributed by atoms with E-state index in [4.69, 9.17) is 9.47 Å². The van der Waals surface area contributed by atoms with Gasteiger partial charge in [0.25, 0.3) is 0 Å². The standard InChI is InChI=1S/C15H21F2N3O3/c16-15(17)4-2-9(3-5-15)19-11-10-8-22-14(23-10)12(13(11)21)20-7-1-6-18-20/h1,6-7,9-14,19,21H,2-5,8H2/t10-,11-,12-,13+,14-/m1/s1. The lowest BCUT2D eigenvalue weighted by molar-refractivity contribution is -0.170. The van der Waals surface area contributed by atoms with Crippen LogP contribution in [0.25, 0.3) is 0 Å². The fourth-order valence-corrected chi connectivity index (χ4v) is 3.82. The van der Waals surface area contributed by atoms with Crippen molar-refractivity contribution in [3.63, 3.8) is 0 Å². The van der Waals surface area contributed by atoms with Gasteiger partial charge >= 0.3 is 0 Å². The number of alkyl halides is 2. The van der Waals surface area contributed by atoms with E-state index in [1.54, 1.807) is 23.1 Å². The Labute approximate surface area is 132 Å². The molecule has 5 atom stereocenters. The number of aromatic nitrogens is 2. The van der Waals surface area contributed by atoms with Crippen LogP contribution in [0.3, 0.4) is 0 Å². The second-order valence-electron chi connectivity index (χ2n) is 6.67. The Bertz CT molecular complexity index is 532. The minimum atomic E-state index is -2.56. The van der Waals surface area contributed by atoms with Crippen LogP contribution in [0.2, 0.25) is 0 Å². The molecule has 2 aliphatic heterocycles. The molecule has 3 aliphatic rings. The highest BCUT2D eigenvalue weighted by Crippen LogP contribution is 2.37. The largest absolute Gasteiger partial charge is 0.389 e. The van der Waals surface area contributed by atoms with Crippen LogP contribution < -0.4 is 5.32 Å². The van der Waals surface area contributed by atoms with E-state index >= 15 is 0 Å². The van der Waals surface area contributed by atoms with Gasteiger partial charge in [-0.2, -0.15) is 5.10 Å². The average Bonchev–Trinajstić information content (AvgIpc) is 3.17. The molecule has 0 aromatic carbocycles. The summed E-state index contributed by atoms with van der Waals surface area (Å²) in [6.45, 7) is 0.389. The molecule has 1 aliphatic carbocycles. The fraction of sp³-hybridized carbons (Fsp3) is 0.800. The van der Waals surface area contributed by atoms with E-state index in [1.165, 1.54) is 0 Å². The Kier molecular flexibility index (Phi) is 3.87. The third-order valence-electron chi connectivity index (χ3n) is 5.11. The highest BCUT2D eigenvalue weighted by atomic mass is 19.3. The maximum atomic E-state index is 13.3. The van der Waals surface area contributed by atoms with Gasteiger partial charge in [0.2, 0.25) is 5.92 Å². The molecule has 3 heterocycles. The Balaban J connectivity index is 1.47. The van der Waals surface area contributed by atoms with E-state index in [9.17, 15) is 13.9 Å². The first-order valence-electron chi connectivity index (χ1n) is 8.12. The number of aliphatic hydroxyl groups is 1. The minimum absolute atomic E-state index is 0.0340. The van der Waals surface area contributed by atoms with E-state index in [-0.39, 0.29) is 31.0 Å². The summed E-state index contributed by atoms with van der Waals surface area (Å²) in [7, 11) is 0. The summed E-state index contributed by atoms with van der Waals surface area (Å²) in [5.74, 6) is -2.56. The summed E-state index contributed by atoms with van der Waals surface area (Å²) in [6, 6.07) is 0.957. The molecule has 0 radical (unpaired) electrons. The van der Waals surface area contributed by atoms with Gasteiger partial charge in [-0.25, -0.2) is 8.78 Å². The molecule has 6 nitrogen and oxygen atoms in total. The predicted molar refractivity (Wildman–Crippen MR) is 76.0 cm³/mol. The Hall–Kier alpha value is -1.09. The van der Waals surface area contributed by atoms with Crippen molar-refractivity contribution >= 4 is 0 Å². The average molecular weight is 329 g/mol. The smallest absolute Gasteiger partial charge is 0.248 e. The summed E-state index contributed by atoms with van der Waals surface area (Å²) in [4.78, 5) is 0. The molecule has 0 unspecified atom stereocenters. The fourth-order valence-electron chi connectivity index (χ4n) is 3.82. The second-order valence-corrected chi connectivity index (χ2v) is 6.67. The number of fused-ring (bicyclic) bond motifs is 2. The molecule has 4 rings (SSSR count). The number of hydrogen-bond acceptors (Lipinski definition) is 5. The van der Waals surface area contributed by atoms with Gasteiger partial charge in [-0.15, -0.1) is 0 Å². The molecular formula is C15H21F2N3O3. The van der Waals surface area contributed by atoms with Crippen molar-refractivity contribution in [3.05, 3.63) is 18.5 Å². The molecule has 0 spiro atoms. The van der Waals surface area contributed by atoms with Crippen LogP contribution in [0.15, 0.2) is 18.5 Å². The molecule has 2 saturated heterocycles. The predicted octanol–water partition coefficient (Wildman–Crippen LogP) is 1.08. The maximum Gasteiger partial charge on any atom is 0.248 e. The van der Waals surface area contributed by atoms with Gasteiger partial charge in [0, 0.05) is 31.3 Å². The van der Waals surface area contributed by atoms with Crippen LogP contribution in [0.1, 0.15) is 31.7 Å². The third-order valence-corrected chi connectivity index (χ3v) is 5.11. The molecular weight excluding hydrogens is 308 g/mol. The molecule has 3 fully saturated rings. The lowest BCUT2D eigenvalue weighted by Gasteiger charge is -2.41. The first-order chi connectivity index (χ1) is 11.0. The van der Waals surface area contributed by atoms with Gasteiger partial charge in [0.05, 0.1) is 18.8 Å². The van der Waals surface area contributed by atoms with Gasteiger partial charge in [0.15, 0.2) is 6.29 Å². The van der Waals surface area contributed by atoms with Crippen LogP contribution >= 0.6 is 0 Å². The second kappa shape index (κ2) is 5.77. The quantitative estimate of drug-likeness (QED) is 0.868. The molecule has 1 aromatic heterocycles. The zero-order chi connectivity index (χ0) is 16.0. The van der Waals surface area contributed by atoms with Crippen molar-refractivity contribution in [2.75, 3.05) is 6.61 Å². The van der Waals surface area contributed by atoms with E-state index in [0.717, 1.165) is 0 Å². The van der Waals surface area contributed by atoms with Crippen molar-refractivity contribution in [2.24, 2.45) is 0 Å². The zero-order valence-corrected chi connectivity index (χ0v) is 12.6. The Morgan fingerprint density at radius 2 is 2.09 bits per heavy atom. The van der Waals surface area contributed by atoms with E-state index in [0.29, 0.717) is 19.4 Å². The molecule has 1 saturated carbocycles. The van der Waals surface area contributed by atoms with Crippen molar-refractivity contribution in [2.45, 2.75) is 68.2 Å². The SMILES string of the molecule is O[C@H]1[C@H](NC2CCC(F)(F)CC2)[C@H]2CO[C@H](O2)[C@@H]1n1cccn1. The lowest BCUT2D eigenvalue weighted by atomic mass is 9.89. The van der Waals surface area contributed by atoms with Crippen LogP contribution in [-0.2, 0) is 9.47 Å². The van der Waals surface area contributed by atoms with Crippen molar-refractivity contribution in [1.82, 2.24) is 15.1 Å².